The number of fused-ring (bicyclic) bond motifs is 5. The van der Waals surface area contributed by atoms with Gasteiger partial charge in [-0.1, -0.05) is 102 Å². The highest BCUT2D eigenvalue weighted by Gasteiger charge is 2.57. The standard InChI is InChI=1S/C31H52/c1-5-6-7-8-9-10-11-12-13-14-25-22-26-21-23(2)15-17-27(26)28-19-20-31(4)24(3)16-18-29(31)30(25)28/h21,24-25,27-30H,2,5-20,22H2,1,3-4H3/t24-,25?,27?,28?,29?,30?,31+/m0/s1. The summed E-state index contributed by atoms with van der Waals surface area (Å²) in [5.41, 5.74) is 3.90. The third kappa shape index (κ3) is 5.04. The summed E-state index contributed by atoms with van der Waals surface area (Å²) >= 11 is 0. The molecule has 4 aliphatic carbocycles. The van der Waals surface area contributed by atoms with E-state index in [2.05, 4.69) is 33.4 Å². The molecule has 3 saturated carbocycles. The van der Waals surface area contributed by atoms with E-state index in [1.54, 1.807) is 0 Å². The average Bonchev–Trinajstić information content (AvgIpc) is 3.06. The molecule has 0 N–H and O–H groups in total. The Morgan fingerprint density at radius 1 is 0.935 bits per heavy atom. The van der Waals surface area contributed by atoms with Crippen molar-refractivity contribution in [3.63, 3.8) is 0 Å². The molecule has 0 amide bonds. The molecule has 4 rings (SSSR count). The Kier molecular flexibility index (Phi) is 8.09. The molecule has 7 atom stereocenters. The second-order valence-corrected chi connectivity index (χ2v) is 12.5. The van der Waals surface area contributed by atoms with Gasteiger partial charge in [-0.2, -0.15) is 0 Å². The van der Waals surface area contributed by atoms with Crippen molar-refractivity contribution in [3.8, 4) is 0 Å². The van der Waals surface area contributed by atoms with Crippen LogP contribution in [0.25, 0.3) is 0 Å². The molecule has 5 unspecified atom stereocenters. The molecule has 31 heavy (non-hydrogen) atoms. The maximum Gasteiger partial charge on any atom is -0.0166 e. The third-order valence-electron chi connectivity index (χ3n) is 10.7. The fraction of sp³-hybridized carbons (Fsp3) is 0.871. The van der Waals surface area contributed by atoms with E-state index in [9.17, 15) is 0 Å². The molecule has 0 heterocycles. The van der Waals surface area contributed by atoms with Crippen LogP contribution in [0, 0.1) is 40.9 Å². The molecule has 0 aromatic rings. The lowest BCUT2D eigenvalue weighted by atomic mass is 9.48. The molecule has 4 aliphatic rings. The fourth-order valence-corrected chi connectivity index (χ4v) is 8.75. The van der Waals surface area contributed by atoms with Gasteiger partial charge in [-0.05, 0) is 92.3 Å². The zero-order valence-electron chi connectivity index (χ0n) is 21.3. The van der Waals surface area contributed by atoms with Crippen molar-refractivity contribution in [3.05, 3.63) is 23.8 Å². The minimum Gasteiger partial charge on any atom is -0.0958 e. The highest BCUT2D eigenvalue weighted by atomic mass is 14.6. The topological polar surface area (TPSA) is 0 Å². The van der Waals surface area contributed by atoms with Crippen molar-refractivity contribution >= 4 is 0 Å². The maximum atomic E-state index is 4.35. The predicted octanol–water partition coefficient (Wildman–Crippen LogP) is 9.90. The van der Waals surface area contributed by atoms with Crippen LogP contribution >= 0.6 is 0 Å². The molecule has 0 aliphatic heterocycles. The summed E-state index contributed by atoms with van der Waals surface area (Å²) in [4.78, 5) is 0. The Morgan fingerprint density at radius 2 is 1.65 bits per heavy atom. The zero-order valence-corrected chi connectivity index (χ0v) is 21.3. The molecular weight excluding hydrogens is 372 g/mol. The number of hydrogen-bond donors (Lipinski definition) is 0. The summed E-state index contributed by atoms with van der Waals surface area (Å²) < 4.78 is 0. The average molecular weight is 425 g/mol. The highest BCUT2D eigenvalue weighted by Crippen LogP contribution is 2.65. The molecule has 0 spiro atoms. The number of hydrogen-bond acceptors (Lipinski definition) is 0. The Balaban J connectivity index is 1.36. The van der Waals surface area contributed by atoms with Crippen LogP contribution in [-0.2, 0) is 0 Å². The second-order valence-electron chi connectivity index (χ2n) is 12.5. The first-order valence-electron chi connectivity index (χ1n) is 14.4. The van der Waals surface area contributed by atoms with Crippen molar-refractivity contribution in [2.24, 2.45) is 40.9 Å². The van der Waals surface area contributed by atoms with E-state index < -0.39 is 0 Å². The summed E-state index contributed by atoms with van der Waals surface area (Å²) in [6, 6.07) is 0. The molecule has 0 aromatic heterocycles. The molecule has 0 radical (unpaired) electrons. The highest BCUT2D eigenvalue weighted by molar-refractivity contribution is 5.30. The van der Waals surface area contributed by atoms with Gasteiger partial charge in [-0.3, -0.25) is 0 Å². The van der Waals surface area contributed by atoms with Gasteiger partial charge in [-0.25, -0.2) is 0 Å². The molecule has 0 saturated heterocycles. The number of unbranched alkanes of at least 4 members (excludes halogenated alkanes) is 8. The molecule has 0 heteroatoms. The van der Waals surface area contributed by atoms with Crippen molar-refractivity contribution < 1.29 is 0 Å². The van der Waals surface area contributed by atoms with Crippen LogP contribution in [0.1, 0.15) is 130 Å². The monoisotopic (exact) mass is 424 g/mol. The van der Waals surface area contributed by atoms with Crippen LogP contribution in [0.15, 0.2) is 23.8 Å². The van der Waals surface area contributed by atoms with Gasteiger partial charge in [0.1, 0.15) is 0 Å². The maximum absolute atomic E-state index is 4.35. The summed E-state index contributed by atoms with van der Waals surface area (Å²) in [6.07, 6.45) is 27.4. The van der Waals surface area contributed by atoms with E-state index in [4.69, 9.17) is 0 Å². The van der Waals surface area contributed by atoms with Crippen LogP contribution in [0.5, 0.6) is 0 Å². The lowest BCUT2D eigenvalue weighted by Crippen LogP contribution is -2.49. The summed E-state index contributed by atoms with van der Waals surface area (Å²) in [5, 5.41) is 0. The quantitative estimate of drug-likeness (QED) is 0.306. The van der Waals surface area contributed by atoms with E-state index in [0.717, 1.165) is 35.5 Å². The minimum absolute atomic E-state index is 0.650. The SMILES string of the molecule is C=C1C=C2CC(CCCCCCCCCCC)C3C(CC[C@@]4(C)C3CC[C@@H]4C)C2CC1. The third-order valence-corrected chi connectivity index (χ3v) is 10.7. The number of rotatable bonds is 10. The van der Waals surface area contributed by atoms with Crippen LogP contribution in [0.4, 0.5) is 0 Å². The first-order valence-corrected chi connectivity index (χ1v) is 14.4. The normalized spacial score (nSPS) is 39.6. The second kappa shape index (κ2) is 10.6. The molecule has 0 bridgehead atoms. The first-order chi connectivity index (χ1) is 15.0. The van der Waals surface area contributed by atoms with Crippen LogP contribution in [-0.4, -0.2) is 0 Å². The number of allylic oxidation sites excluding steroid dienone is 3. The van der Waals surface area contributed by atoms with E-state index in [0.29, 0.717) is 5.41 Å². The zero-order chi connectivity index (χ0) is 21.8. The van der Waals surface area contributed by atoms with Gasteiger partial charge in [0.25, 0.3) is 0 Å². The Bertz CT molecular complexity index is 626. The van der Waals surface area contributed by atoms with E-state index in [1.807, 2.05) is 5.57 Å². The first kappa shape index (κ1) is 23.6. The van der Waals surface area contributed by atoms with Crippen molar-refractivity contribution in [1.82, 2.24) is 0 Å². The minimum atomic E-state index is 0.650. The van der Waals surface area contributed by atoms with E-state index >= 15 is 0 Å². The van der Waals surface area contributed by atoms with Crippen LogP contribution in [0.2, 0.25) is 0 Å². The smallest absolute Gasteiger partial charge is 0.0166 e. The molecule has 176 valence electrons. The van der Waals surface area contributed by atoms with Crippen LogP contribution in [0.3, 0.4) is 0 Å². The molecule has 0 aromatic carbocycles. The lowest BCUT2D eigenvalue weighted by Gasteiger charge is -2.57. The fourth-order valence-electron chi connectivity index (χ4n) is 8.75. The van der Waals surface area contributed by atoms with E-state index in [1.165, 1.54) is 115 Å². The lowest BCUT2D eigenvalue weighted by molar-refractivity contribution is -0.0493. The van der Waals surface area contributed by atoms with E-state index in [-0.39, 0.29) is 0 Å². The molecule has 3 fully saturated rings. The van der Waals surface area contributed by atoms with Gasteiger partial charge in [0.15, 0.2) is 0 Å². The van der Waals surface area contributed by atoms with Gasteiger partial charge in [-0.15, -0.1) is 0 Å². The van der Waals surface area contributed by atoms with Gasteiger partial charge in [0, 0.05) is 0 Å². The summed E-state index contributed by atoms with van der Waals surface area (Å²) in [7, 11) is 0. The van der Waals surface area contributed by atoms with Gasteiger partial charge < -0.3 is 0 Å². The predicted molar refractivity (Wildman–Crippen MR) is 136 cm³/mol. The van der Waals surface area contributed by atoms with Crippen molar-refractivity contribution in [2.75, 3.05) is 0 Å². The van der Waals surface area contributed by atoms with Crippen molar-refractivity contribution in [1.29, 1.82) is 0 Å². The van der Waals surface area contributed by atoms with Gasteiger partial charge in [0.2, 0.25) is 0 Å². The molecular formula is C31H52. The Hall–Kier alpha value is -0.520. The Morgan fingerprint density at radius 3 is 2.39 bits per heavy atom. The summed E-state index contributed by atoms with van der Waals surface area (Å²) in [6.45, 7) is 11.9. The van der Waals surface area contributed by atoms with Gasteiger partial charge in [0.05, 0.1) is 0 Å². The Labute approximate surface area is 194 Å². The molecule has 0 nitrogen and oxygen atoms in total. The largest absolute Gasteiger partial charge is 0.0958 e. The summed E-state index contributed by atoms with van der Waals surface area (Å²) in [5.74, 6) is 5.89. The van der Waals surface area contributed by atoms with Gasteiger partial charge >= 0.3 is 0 Å². The van der Waals surface area contributed by atoms with Crippen LogP contribution < -0.4 is 0 Å². The van der Waals surface area contributed by atoms with Crippen molar-refractivity contribution in [2.45, 2.75) is 130 Å².